The molecular weight excluding hydrogens is 330 g/mol. The highest BCUT2D eigenvalue weighted by atomic mass is 32.1. The standard InChI is InChI=1S/C12H11N3O5S2/c1-2-20-10(16)5-7-6-21-12(13-7)14-11(17)8-3-4-9(22-8)15(18)19/h3-4,6H,2,5H2,1H3,(H,13,14,17). The Balaban J connectivity index is 1.98. The second-order valence-corrected chi connectivity index (χ2v) is 5.90. The number of esters is 1. The third-order valence-corrected chi connectivity index (χ3v) is 4.24. The number of rotatable bonds is 6. The maximum Gasteiger partial charge on any atom is 0.324 e. The Bertz CT molecular complexity index is 709. The van der Waals surface area contributed by atoms with E-state index in [2.05, 4.69) is 10.3 Å². The first kappa shape index (κ1) is 16.0. The summed E-state index contributed by atoms with van der Waals surface area (Å²) in [5.41, 5.74) is 0.496. The molecule has 2 heterocycles. The lowest BCUT2D eigenvalue weighted by atomic mass is 10.3. The van der Waals surface area contributed by atoms with Gasteiger partial charge in [-0.25, -0.2) is 4.98 Å². The fourth-order valence-corrected chi connectivity index (χ4v) is 2.93. The molecule has 0 aliphatic rings. The molecule has 22 heavy (non-hydrogen) atoms. The van der Waals surface area contributed by atoms with Gasteiger partial charge in [0.15, 0.2) is 5.13 Å². The predicted octanol–water partition coefficient (Wildman–Crippen LogP) is 2.47. The smallest absolute Gasteiger partial charge is 0.324 e. The van der Waals surface area contributed by atoms with Crippen molar-refractivity contribution in [3.05, 3.63) is 38.2 Å². The normalized spacial score (nSPS) is 10.2. The number of thiophene rings is 1. The molecule has 0 aromatic carbocycles. The van der Waals surface area contributed by atoms with Crippen molar-refractivity contribution in [3.8, 4) is 0 Å². The van der Waals surface area contributed by atoms with Gasteiger partial charge in [-0.05, 0) is 13.0 Å². The second-order valence-electron chi connectivity index (χ2n) is 3.97. The van der Waals surface area contributed by atoms with E-state index in [0.717, 1.165) is 11.3 Å². The van der Waals surface area contributed by atoms with Crippen LogP contribution < -0.4 is 5.32 Å². The van der Waals surface area contributed by atoms with Crippen molar-refractivity contribution >= 4 is 44.7 Å². The van der Waals surface area contributed by atoms with Gasteiger partial charge in [0.2, 0.25) is 0 Å². The maximum atomic E-state index is 11.9. The van der Waals surface area contributed by atoms with Gasteiger partial charge in [-0.3, -0.25) is 25.0 Å². The molecule has 1 amide bonds. The van der Waals surface area contributed by atoms with E-state index in [9.17, 15) is 19.7 Å². The highest BCUT2D eigenvalue weighted by Crippen LogP contribution is 2.25. The van der Waals surface area contributed by atoms with E-state index in [1.807, 2.05) is 0 Å². The Hall–Kier alpha value is -2.33. The van der Waals surface area contributed by atoms with Crippen LogP contribution >= 0.6 is 22.7 Å². The molecule has 0 saturated heterocycles. The first-order valence-electron chi connectivity index (χ1n) is 6.15. The number of hydrogen-bond donors (Lipinski definition) is 1. The summed E-state index contributed by atoms with van der Waals surface area (Å²) in [6.07, 6.45) is 0.0324. The summed E-state index contributed by atoms with van der Waals surface area (Å²) in [5.74, 6) is -0.866. The predicted molar refractivity (Wildman–Crippen MR) is 81.4 cm³/mol. The number of thiazole rings is 1. The number of amides is 1. The number of carbonyl (C=O) groups excluding carboxylic acids is 2. The zero-order valence-electron chi connectivity index (χ0n) is 11.4. The number of ether oxygens (including phenoxy) is 1. The van der Waals surface area contributed by atoms with Gasteiger partial charge < -0.3 is 4.74 Å². The Labute approximate surface area is 132 Å². The van der Waals surface area contributed by atoms with Gasteiger partial charge in [-0.2, -0.15) is 0 Å². The van der Waals surface area contributed by atoms with Crippen LogP contribution in [-0.4, -0.2) is 28.4 Å². The molecule has 0 fully saturated rings. The quantitative estimate of drug-likeness (QED) is 0.491. The van der Waals surface area contributed by atoms with Crippen molar-refractivity contribution in [1.29, 1.82) is 0 Å². The average molecular weight is 341 g/mol. The van der Waals surface area contributed by atoms with Crippen LogP contribution in [0.4, 0.5) is 10.1 Å². The van der Waals surface area contributed by atoms with Gasteiger partial charge in [0.25, 0.3) is 5.91 Å². The topological polar surface area (TPSA) is 111 Å². The summed E-state index contributed by atoms with van der Waals surface area (Å²) in [6.45, 7) is 2.01. The van der Waals surface area contributed by atoms with E-state index in [-0.39, 0.29) is 22.3 Å². The Morgan fingerprint density at radius 2 is 2.23 bits per heavy atom. The van der Waals surface area contributed by atoms with Crippen LogP contribution in [0, 0.1) is 10.1 Å². The van der Waals surface area contributed by atoms with E-state index in [4.69, 9.17) is 4.74 Å². The van der Waals surface area contributed by atoms with E-state index in [1.54, 1.807) is 12.3 Å². The number of nitrogens with one attached hydrogen (secondary N) is 1. The van der Waals surface area contributed by atoms with Crippen molar-refractivity contribution in [2.45, 2.75) is 13.3 Å². The number of aromatic nitrogens is 1. The summed E-state index contributed by atoms with van der Waals surface area (Å²) in [6, 6.07) is 2.65. The number of anilines is 1. The monoisotopic (exact) mass is 341 g/mol. The molecule has 0 aliphatic carbocycles. The molecule has 10 heteroatoms. The lowest BCUT2D eigenvalue weighted by Gasteiger charge is -1.99. The molecule has 0 spiro atoms. The molecule has 1 N–H and O–H groups in total. The third-order valence-electron chi connectivity index (χ3n) is 2.40. The third kappa shape index (κ3) is 4.09. The minimum Gasteiger partial charge on any atom is -0.466 e. The van der Waals surface area contributed by atoms with E-state index >= 15 is 0 Å². The van der Waals surface area contributed by atoms with Crippen LogP contribution in [0.5, 0.6) is 0 Å². The van der Waals surface area contributed by atoms with Gasteiger partial charge in [0.1, 0.15) is 0 Å². The summed E-state index contributed by atoms with van der Waals surface area (Å²) in [4.78, 5) is 37.6. The van der Waals surface area contributed by atoms with Crippen LogP contribution in [-0.2, 0) is 16.0 Å². The highest BCUT2D eigenvalue weighted by molar-refractivity contribution is 7.17. The van der Waals surface area contributed by atoms with Crippen molar-refractivity contribution in [2.24, 2.45) is 0 Å². The van der Waals surface area contributed by atoms with Gasteiger partial charge in [0.05, 0.1) is 28.5 Å². The highest BCUT2D eigenvalue weighted by Gasteiger charge is 2.17. The molecule has 2 aromatic heterocycles. The zero-order valence-corrected chi connectivity index (χ0v) is 13.0. The van der Waals surface area contributed by atoms with Crippen molar-refractivity contribution in [1.82, 2.24) is 4.98 Å². The lowest BCUT2D eigenvalue weighted by Crippen LogP contribution is -2.11. The second kappa shape index (κ2) is 7.09. The zero-order chi connectivity index (χ0) is 16.1. The fraction of sp³-hybridized carbons (Fsp3) is 0.250. The molecule has 0 saturated carbocycles. The van der Waals surface area contributed by atoms with Crippen LogP contribution in [0.1, 0.15) is 22.3 Å². The summed E-state index contributed by atoms with van der Waals surface area (Å²) in [7, 11) is 0. The Morgan fingerprint density at radius 1 is 1.45 bits per heavy atom. The SMILES string of the molecule is CCOC(=O)Cc1csc(NC(=O)c2ccc([N+](=O)[O-])s2)n1. The van der Waals surface area contributed by atoms with E-state index < -0.39 is 10.8 Å². The minimum absolute atomic E-state index is 0.0324. The van der Waals surface area contributed by atoms with Gasteiger partial charge in [0, 0.05) is 11.4 Å². The molecule has 0 radical (unpaired) electrons. The van der Waals surface area contributed by atoms with Crippen LogP contribution in [0.15, 0.2) is 17.5 Å². The van der Waals surface area contributed by atoms with Crippen molar-refractivity contribution in [3.63, 3.8) is 0 Å². The van der Waals surface area contributed by atoms with Crippen LogP contribution in [0.3, 0.4) is 0 Å². The molecule has 0 aliphatic heterocycles. The number of nitro groups is 1. The van der Waals surface area contributed by atoms with Crippen LogP contribution in [0.25, 0.3) is 0 Å². The fourth-order valence-electron chi connectivity index (χ4n) is 1.51. The average Bonchev–Trinajstić information content (AvgIpc) is 3.08. The molecule has 0 unspecified atom stereocenters. The van der Waals surface area contributed by atoms with Crippen molar-refractivity contribution < 1.29 is 19.2 Å². The van der Waals surface area contributed by atoms with Gasteiger partial charge >= 0.3 is 11.0 Å². The molecule has 0 bridgehead atoms. The minimum atomic E-state index is -0.553. The molecule has 8 nitrogen and oxygen atoms in total. The van der Waals surface area contributed by atoms with Crippen LogP contribution in [0.2, 0.25) is 0 Å². The lowest BCUT2D eigenvalue weighted by molar-refractivity contribution is -0.380. The first-order chi connectivity index (χ1) is 10.5. The van der Waals surface area contributed by atoms with Gasteiger partial charge in [-0.1, -0.05) is 11.3 Å². The number of carbonyl (C=O) groups is 2. The molecule has 0 atom stereocenters. The first-order valence-corrected chi connectivity index (χ1v) is 7.84. The summed E-state index contributed by atoms with van der Waals surface area (Å²) < 4.78 is 4.81. The molecule has 116 valence electrons. The maximum absolute atomic E-state index is 11.9. The Morgan fingerprint density at radius 3 is 2.86 bits per heavy atom. The molecule has 2 aromatic rings. The molecular formula is C12H11N3O5S2. The van der Waals surface area contributed by atoms with Gasteiger partial charge in [-0.15, -0.1) is 11.3 Å². The van der Waals surface area contributed by atoms with E-state index in [0.29, 0.717) is 17.4 Å². The number of hydrogen-bond acceptors (Lipinski definition) is 8. The summed E-state index contributed by atoms with van der Waals surface area (Å²) in [5, 5.41) is 15.0. The van der Waals surface area contributed by atoms with Crippen molar-refractivity contribution in [2.75, 3.05) is 11.9 Å². The Kier molecular flexibility index (Phi) is 5.17. The molecule has 2 rings (SSSR count). The summed E-state index contributed by atoms with van der Waals surface area (Å²) >= 11 is 1.95. The van der Waals surface area contributed by atoms with E-state index in [1.165, 1.54) is 23.5 Å². The largest absolute Gasteiger partial charge is 0.466 e. The number of nitrogens with zero attached hydrogens (tertiary/aromatic N) is 2.